The fourth-order valence-electron chi connectivity index (χ4n) is 2.27. The van der Waals surface area contributed by atoms with Crippen LogP contribution in [0.2, 0.25) is 0 Å². The van der Waals surface area contributed by atoms with Crippen molar-refractivity contribution in [1.29, 1.82) is 0 Å². The Morgan fingerprint density at radius 1 is 1.21 bits per heavy atom. The number of ether oxygens (including phenoxy) is 1. The largest absolute Gasteiger partial charge is 0.507 e. The number of rotatable bonds is 5. The summed E-state index contributed by atoms with van der Waals surface area (Å²) < 4.78 is 7.36. The van der Waals surface area contributed by atoms with Crippen LogP contribution in [-0.2, 0) is 7.05 Å². The van der Waals surface area contributed by atoms with Crippen molar-refractivity contribution in [3.63, 3.8) is 0 Å². The maximum atomic E-state index is 12.1. The molecule has 3 aromatic rings. The number of nitrogens with zero attached hydrogens (tertiary/aromatic N) is 3. The summed E-state index contributed by atoms with van der Waals surface area (Å²) in [5, 5.41) is 17.5. The molecule has 1 heterocycles. The van der Waals surface area contributed by atoms with Gasteiger partial charge in [0.25, 0.3) is 5.91 Å². The number of benzene rings is 2. The van der Waals surface area contributed by atoms with Crippen LogP contribution in [-0.4, -0.2) is 33.0 Å². The lowest BCUT2D eigenvalue weighted by Gasteiger charge is -2.05. The molecule has 9 heteroatoms. The number of aryl methyl sites for hydroxylation is 1. The van der Waals surface area contributed by atoms with Gasteiger partial charge in [0.15, 0.2) is 0 Å². The van der Waals surface area contributed by atoms with Gasteiger partial charge in [-0.2, -0.15) is 10.2 Å². The van der Waals surface area contributed by atoms with Gasteiger partial charge in [0.05, 0.1) is 11.8 Å². The van der Waals surface area contributed by atoms with E-state index >= 15 is 0 Å². The van der Waals surface area contributed by atoms with E-state index in [0.717, 1.165) is 0 Å². The third-order valence-corrected chi connectivity index (χ3v) is 4.20. The Labute approximate surface area is 168 Å². The second kappa shape index (κ2) is 8.49. The molecule has 8 nitrogen and oxygen atoms in total. The van der Waals surface area contributed by atoms with Gasteiger partial charge in [0, 0.05) is 17.7 Å². The number of hydrazone groups is 1. The summed E-state index contributed by atoms with van der Waals surface area (Å²) in [4.78, 5) is 24.1. The SMILES string of the molecule is Cn1nccc1C(=O)Oc1ccc(/C=N\NC(=O)c2cc(Br)ccc2O)cc1. The van der Waals surface area contributed by atoms with Crippen molar-refractivity contribution < 1.29 is 19.4 Å². The maximum Gasteiger partial charge on any atom is 0.361 e. The highest BCUT2D eigenvalue weighted by molar-refractivity contribution is 9.10. The van der Waals surface area contributed by atoms with Crippen LogP contribution in [0.3, 0.4) is 0 Å². The van der Waals surface area contributed by atoms with Gasteiger partial charge in [-0.15, -0.1) is 0 Å². The first-order valence-corrected chi connectivity index (χ1v) is 8.85. The van der Waals surface area contributed by atoms with E-state index in [4.69, 9.17) is 4.74 Å². The fourth-order valence-corrected chi connectivity index (χ4v) is 2.63. The zero-order valence-corrected chi connectivity index (χ0v) is 16.3. The number of carbonyl (C=O) groups is 2. The van der Waals surface area contributed by atoms with E-state index in [1.54, 1.807) is 43.4 Å². The van der Waals surface area contributed by atoms with E-state index in [2.05, 4.69) is 31.6 Å². The van der Waals surface area contributed by atoms with Crippen molar-refractivity contribution in [2.75, 3.05) is 0 Å². The molecule has 0 aliphatic carbocycles. The second-order valence-corrected chi connectivity index (χ2v) is 6.57. The number of hydrogen-bond donors (Lipinski definition) is 2. The molecule has 0 saturated heterocycles. The van der Waals surface area contributed by atoms with E-state index in [0.29, 0.717) is 21.5 Å². The molecule has 0 radical (unpaired) electrons. The minimum atomic E-state index is -0.545. The van der Waals surface area contributed by atoms with Crippen LogP contribution in [0.1, 0.15) is 26.4 Å². The van der Waals surface area contributed by atoms with Gasteiger partial charge in [0.1, 0.15) is 17.2 Å². The summed E-state index contributed by atoms with van der Waals surface area (Å²) in [6, 6.07) is 12.7. The molecule has 0 aliphatic heterocycles. The number of esters is 1. The molecule has 2 N–H and O–H groups in total. The topological polar surface area (TPSA) is 106 Å². The summed E-state index contributed by atoms with van der Waals surface area (Å²) in [7, 11) is 1.65. The van der Waals surface area contributed by atoms with E-state index in [1.807, 2.05) is 0 Å². The highest BCUT2D eigenvalue weighted by atomic mass is 79.9. The maximum absolute atomic E-state index is 12.1. The van der Waals surface area contributed by atoms with Gasteiger partial charge in [-0.05, 0) is 54.1 Å². The standard InChI is InChI=1S/C19H15BrN4O4/c1-24-16(8-9-22-24)19(27)28-14-5-2-12(3-6-14)11-21-23-18(26)15-10-13(20)4-7-17(15)25/h2-11,25H,1H3,(H,23,26)/b21-11-. The number of halogens is 1. The van der Waals surface area contributed by atoms with Crippen LogP contribution in [0.25, 0.3) is 0 Å². The number of aromatic nitrogens is 2. The van der Waals surface area contributed by atoms with Crippen molar-refractivity contribution >= 4 is 34.0 Å². The molecule has 2 aromatic carbocycles. The van der Waals surface area contributed by atoms with E-state index in [1.165, 1.54) is 29.2 Å². The third kappa shape index (κ3) is 4.63. The van der Waals surface area contributed by atoms with Gasteiger partial charge in [0.2, 0.25) is 0 Å². The molecule has 28 heavy (non-hydrogen) atoms. The first-order valence-electron chi connectivity index (χ1n) is 8.06. The molecule has 3 rings (SSSR count). The molecule has 1 aromatic heterocycles. The minimum Gasteiger partial charge on any atom is -0.507 e. The first-order chi connectivity index (χ1) is 13.4. The molecule has 142 valence electrons. The molecule has 0 atom stereocenters. The van der Waals surface area contributed by atoms with Crippen LogP contribution >= 0.6 is 15.9 Å². The van der Waals surface area contributed by atoms with Gasteiger partial charge in [-0.25, -0.2) is 10.2 Å². The lowest BCUT2D eigenvalue weighted by atomic mass is 10.2. The number of phenols is 1. The Bertz CT molecular complexity index is 1040. The predicted molar refractivity (Wildman–Crippen MR) is 105 cm³/mol. The number of nitrogens with one attached hydrogen (secondary N) is 1. The number of carbonyl (C=O) groups excluding carboxylic acids is 2. The normalized spacial score (nSPS) is 10.8. The van der Waals surface area contributed by atoms with Crippen molar-refractivity contribution in [3.05, 3.63) is 76.0 Å². The summed E-state index contributed by atoms with van der Waals surface area (Å²) in [6.45, 7) is 0. The molecule has 0 spiro atoms. The number of phenolic OH excluding ortho intramolecular Hbond substituents is 1. The summed E-state index contributed by atoms with van der Waals surface area (Å²) in [6.07, 6.45) is 2.94. The molecular weight excluding hydrogens is 428 g/mol. The number of hydrogen-bond acceptors (Lipinski definition) is 6. The molecule has 0 fully saturated rings. The number of aromatic hydroxyl groups is 1. The monoisotopic (exact) mass is 442 g/mol. The Kier molecular flexibility index (Phi) is 5.85. The Balaban J connectivity index is 1.59. The lowest BCUT2D eigenvalue weighted by molar-refractivity contribution is 0.0723. The van der Waals surface area contributed by atoms with Crippen LogP contribution < -0.4 is 10.2 Å². The Hall–Kier alpha value is -3.46. The van der Waals surface area contributed by atoms with Crippen molar-refractivity contribution in [3.8, 4) is 11.5 Å². The van der Waals surface area contributed by atoms with E-state index in [-0.39, 0.29) is 11.3 Å². The van der Waals surface area contributed by atoms with Crippen LogP contribution in [0, 0.1) is 0 Å². The highest BCUT2D eigenvalue weighted by Crippen LogP contribution is 2.21. The molecular formula is C19H15BrN4O4. The molecule has 0 saturated carbocycles. The minimum absolute atomic E-state index is 0.101. The van der Waals surface area contributed by atoms with Gasteiger partial charge >= 0.3 is 5.97 Å². The third-order valence-electron chi connectivity index (χ3n) is 3.70. The zero-order chi connectivity index (χ0) is 20.1. The molecule has 0 unspecified atom stereocenters. The second-order valence-electron chi connectivity index (χ2n) is 5.66. The quantitative estimate of drug-likeness (QED) is 0.273. The summed E-state index contributed by atoms with van der Waals surface area (Å²) in [5.41, 5.74) is 3.46. The van der Waals surface area contributed by atoms with Crippen LogP contribution in [0.5, 0.6) is 11.5 Å². The average Bonchev–Trinajstić information content (AvgIpc) is 3.11. The van der Waals surface area contributed by atoms with Crippen molar-refractivity contribution in [2.24, 2.45) is 12.1 Å². The van der Waals surface area contributed by atoms with Gasteiger partial charge in [-0.3, -0.25) is 9.48 Å². The first kappa shape index (κ1) is 19.3. The van der Waals surface area contributed by atoms with Gasteiger partial charge in [-0.1, -0.05) is 15.9 Å². The van der Waals surface area contributed by atoms with E-state index in [9.17, 15) is 14.7 Å². The highest BCUT2D eigenvalue weighted by Gasteiger charge is 2.12. The van der Waals surface area contributed by atoms with E-state index < -0.39 is 11.9 Å². The van der Waals surface area contributed by atoms with Crippen LogP contribution in [0.15, 0.2) is 64.3 Å². The zero-order valence-electron chi connectivity index (χ0n) is 14.7. The summed E-state index contributed by atoms with van der Waals surface area (Å²) in [5.74, 6) is -0.832. The van der Waals surface area contributed by atoms with Crippen LogP contribution in [0.4, 0.5) is 0 Å². The number of amides is 1. The Morgan fingerprint density at radius 3 is 2.64 bits per heavy atom. The Morgan fingerprint density at radius 2 is 1.96 bits per heavy atom. The fraction of sp³-hybridized carbons (Fsp3) is 0.0526. The lowest BCUT2D eigenvalue weighted by Crippen LogP contribution is -2.17. The van der Waals surface area contributed by atoms with Crippen molar-refractivity contribution in [1.82, 2.24) is 15.2 Å². The summed E-state index contributed by atoms with van der Waals surface area (Å²) >= 11 is 3.24. The molecule has 0 aliphatic rings. The smallest absolute Gasteiger partial charge is 0.361 e. The van der Waals surface area contributed by atoms with Gasteiger partial charge < -0.3 is 9.84 Å². The average molecular weight is 443 g/mol. The van der Waals surface area contributed by atoms with Crippen molar-refractivity contribution in [2.45, 2.75) is 0 Å². The molecule has 0 bridgehead atoms. The predicted octanol–water partition coefficient (Wildman–Crippen LogP) is 2.87. The molecule has 1 amide bonds.